The van der Waals surface area contributed by atoms with Gasteiger partial charge in [-0.2, -0.15) is 8.42 Å². The van der Waals surface area contributed by atoms with Gasteiger partial charge >= 0.3 is 10.4 Å². The molecule has 1 aliphatic heterocycles. The van der Waals surface area contributed by atoms with Crippen LogP contribution in [0.15, 0.2) is 17.8 Å². The number of aliphatic hydroxyl groups is 5. The maximum Gasteiger partial charge on any atom is 0.466 e. The summed E-state index contributed by atoms with van der Waals surface area (Å²) in [6, 6.07) is 0. The van der Waals surface area contributed by atoms with Crippen LogP contribution in [0.5, 0.6) is 0 Å². The first-order valence-corrected chi connectivity index (χ1v) is 8.84. The third kappa shape index (κ3) is 6.27. The number of nitrogens with zero attached hydrogens (tertiary/aromatic N) is 1. The second-order valence-electron chi connectivity index (χ2n) is 4.81. The van der Waals surface area contributed by atoms with Crippen molar-refractivity contribution in [2.75, 3.05) is 6.61 Å². The van der Waals surface area contributed by atoms with Crippen LogP contribution in [0.1, 0.15) is 6.42 Å². The minimum Gasteiger partial charge on any atom is -0.394 e. The molecule has 0 bridgehead atoms. The molecule has 1 saturated heterocycles. The molecular formula is C11H19NO10S2. The third-order valence-electron chi connectivity index (χ3n) is 2.99. The molecule has 0 amide bonds. The lowest BCUT2D eigenvalue weighted by molar-refractivity contribution is -0.205. The molecule has 1 heterocycles. The van der Waals surface area contributed by atoms with Gasteiger partial charge in [0, 0.05) is 6.42 Å². The number of thioether (sulfide) groups is 1. The summed E-state index contributed by atoms with van der Waals surface area (Å²) in [4.78, 5) is 0. The van der Waals surface area contributed by atoms with E-state index in [1.54, 1.807) is 0 Å². The van der Waals surface area contributed by atoms with Crippen molar-refractivity contribution >= 4 is 27.2 Å². The van der Waals surface area contributed by atoms with Gasteiger partial charge < -0.3 is 30.3 Å². The van der Waals surface area contributed by atoms with Gasteiger partial charge in [-0.25, -0.2) is 4.28 Å². The number of oxime groups is 1. The first-order chi connectivity index (χ1) is 11.1. The maximum absolute atomic E-state index is 10.6. The monoisotopic (exact) mass is 389 g/mol. The number of aliphatic hydroxyl groups excluding tert-OH is 5. The van der Waals surface area contributed by atoms with Crippen molar-refractivity contribution in [1.82, 2.24) is 0 Å². The Bertz CT molecular complexity index is 551. The van der Waals surface area contributed by atoms with Crippen LogP contribution >= 0.6 is 11.8 Å². The summed E-state index contributed by atoms with van der Waals surface area (Å²) in [5, 5.41) is 50.8. The molecule has 13 heteroatoms. The first-order valence-electron chi connectivity index (χ1n) is 6.59. The van der Waals surface area contributed by atoms with Gasteiger partial charge in [0.25, 0.3) is 0 Å². The van der Waals surface area contributed by atoms with Gasteiger partial charge in [-0.1, -0.05) is 23.0 Å². The first kappa shape index (κ1) is 21.3. The summed E-state index contributed by atoms with van der Waals surface area (Å²) < 4.78 is 38.8. The highest BCUT2D eigenvalue weighted by Crippen LogP contribution is 2.30. The highest BCUT2D eigenvalue weighted by atomic mass is 32.3. The zero-order valence-corrected chi connectivity index (χ0v) is 13.9. The highest BCUT2D eigenvalue weighted by molar-refractivity contribution is 8.14. The van der Waals surface area contributed by atoms with Crippen molar-refractivity contribution in [3.05, 3.63) is 12.7 Å². The van der Waals surface area contributed by atoms with Gasteiger partial charge in [-0.15, -0.1) is 6.58 Å². The largest absolute Gasteiger partial charge is 0.466 e. The lowest BCUT2D eigenvalue weighted by Gasteiger charge is -2.39. The zero-order valence-electron chi connectivity index (χ0n) is 12.2. The molecule has 1 fully saturated rings. The van der Waals surface area contributed by atoms with Crippen LogP contribution in [0, 0.1) is 0 Å². The van der Waals surface area contributed by atoms with E-state index in [9.17, 15) is 28.8 Å². The molecule has 6 N–H and O–H groups in total. The molecule has 0 aromatic carbocycles. The molecule has 0 aliphatic carbocycles. The van der Waals surface area contributed by atoms with Crippen molar-refractivity contribution in [2.45, 2.75) is 42.4 Å². The fourth-order valence-corrected chi connectivity index (χ4v) is 3.10. The summed E-state index contributed by atoms with van der Waals surface area (Å²) in [6.07, 6.45) is -6.29. The van der Waals surface area contributed by atoms with E-state index in [1.165, 1.54) is 0 Å². The van der Waals surface area contributed by atoms with Gasteiger partial charge in [-0.3, -0.25) is 4.55 Å². The number of rotatable bonds is 7. The Morgan fingerprint density at radius 1 is 1.33 bits per heavy atom. The van der Waals surface area contributed by atoms with E-state index >= 15 is 0 Å². The molecule has 0 saturated carbocycles. The fourth-order valence-electron chi connectivity index (χ4n) is 1.76. The number of hydrogen-bond donors (Lipinski definition) is 6. The Morgan fingerprint density at radius 2 is 1.96 bits per heavy atom. The average Bonchev–Trinajstić information content (AvgIpc) is 2.52. The summed E-state index contributed by atoms with van der Waals surface area (Å²) in [5.74, 6) is 0. The van der Waals surface area contributed by atoms with E-state index in [0.29, 0.717) is 11.8 Å². The van der Waals surface area contributed by atoms with Crippen LogP contribution in [0.2, 0.25) is 0 Å². The van der Waals surface area contributed by atoms with Crippen molar-refractivity contribution in [2.24, 2.45) is 5.16 Å². The predicted molar refractivity (Wildman–Crippen MR) is 82.2 cm³/mol. The van der Waals surface area contributed by atoms with Crippen LogP contribution in [-0.4, -0.2) is 86.1 Å². The summed E-state index contributed by atoms with van der Waals surface area (Å²) in [5.41, 5.74) is -1.26. The SMILES string of the molecule is C=C[C@H](O)C/C(=N/OS(=O)(=O)O)S[C@H]1O[C@@H](CO)[C@@H](O)[C@@H](O)[C@H]1O. The van der Waals surface area contributed by atoms with E-state index in [0.717, 1.165) is 6.08 Å². The molecule has 6 atom stereocenters. The molecule has 0 radical (unpaired) electrons. The standard InChI is InChI=1S/C11H19NO10S2/c1-2-5(14)3-7(12-22-24(18,19)20)23-11-10(17)9(16)8(15)6(4-13)21-11/h2,5-6,8-11,13-17H,1,3-4H2,(H,18,19,20)/b12-7-/t5-,6-,8+,9+,10+,11+/m0/s1. The molecule has 0 unspecified atom stereocenters. The normalized spacial score (nSPS) is 33.1. The molecule has 0 spiro atoms. The van der Waals surface area contributed by atoms with Crippen LogP contribution in [0.25, 0.3) is 0 Å². The third-order valence-corrected chi connectivity index (χ3v) is 4.39. The minimum atomic E-state index is -4.89. The molecule has 24 heavy (non-hydrogen) atoms. The van der Waals surface area contributed by atoms with Gasteiger partial charge in [-0.05, 0) is 0 Å². The minimum absolute atomic E-state index is 0.218. The lowest BCUT2D eigenvalue weighted by Crippen LogP contribution is -2.57. The van der Waals surface area contributed by atoms with Crippen LogP contribution in [0.3, 0.4) is 0 Å². The summed E-state index contributed by atoms with van der Waals surface area (Å²) >= 11 is 0.570. The smallest absolute Gasteiger partial charge is 0.394 e. The van der Waals surface area contributed by atoms with Crippen LogP contribution in [-0.2, 0) is 19.4 Å². The van der Waals surface area contributed by atoms with Crippen LogP contribution < -0.4 is 0 Å². The Labute approximate surface area is 142 Å². The average molecular weight is 389 g/mol. The molecule has 140 valence electrons. The molecule has 1 rings (SSSR count). The molecule has 11 nitrogen and oxygen atoms in total. The highest BCUT2D eigenvalue weighted by Gasteiger charge is 2.44. The second-order valence-corrected chi connectivity index (χ2v) is 6.99. The van der Waals surface area contributed by atoms with Crippen molar-refractivity contribution in [3.63, 3.8) is 0 Å². The van der Waals surface area contributed by atoms with Gasteiger partial charge in [0.1, 0.15) is 34.9 Å². The van der Waals surface area contributed by atoms with Gasteiger partial charge in [0.05, 0.1) is 12.7 Å². The van der Waals surface area contributed by atoms with E-state index in [1.807, 2.05) is 0 Å². The van der Waals surface area contributed by atoms with Gasteiger partial charge in [0.15, 0.2) is 0 Å². The Kier molecular flexibility index (Phi) is 8.04. The van der Waals surface area contributed by atoms with E-state index in [-0.39, 0.29) is 11.5 Å². The van der Waals surface area contributed by atoms with E-state index in [2.05, 4.69) is 16.0 Å². The maximum atomic E-state index is 10.6. The number of hydrogen-bond acceptors (Lipinski definition) is 11. The quantitative estimate of drug-likeness (QED) is 0.0895. The molecule has 0 aromatic rings. The van der Waals surface area contributed by atoms with E-state index < -0.39 is 53.0 Å². The molecular weight excluding hydrogens is 370 g/mol. The Hall–Kier alpha value is -0.770. The second kappa shape index (κ2) is 9.07. The zero-order chi connectivity index (χ0) is 18.5. The van der Waals surface area contributed by atoms with Crippen LogP contribution in [0.4, 0.5) is 0 Å². The van der Waals surface area contributed by atoms with Crippen molar-refractivity contribution in [3.8, 4) is 0 Å². The molecule has 0 aromatic heterocycles. The van der Waals surface area contributed by atoms with Gasteiger partial charge in [0.2, 0.25) is 0 Å². The number of ether oxygens (including phenoxy) is 1. The Balaban J connectivity index is 2.92. The van der Waals surface area contributed by atoms with E-state index in [4.69, 9.17) is 14.4 Å². The summed E-state index contributed by atoms with van der Waals surface area (Å²) in [6.45, 7) is 2.67. The summed E-state index contributed by atoms with van der Waals surface area (Å²) in [7, 11) is -4.89. The topological polar surface area (TPSA) is 186 Å². The van der Waals surface area contributed by atoms with Crippen molar-refractivity contribution in [1.29, 1.82) is 0 Å². The molecule has 1 aliphatic rings. The lowest BCUT2D eigenvalue weighted by atomic mass is 10.0. The van der Waals surface area contributed by atoms with Crippen molar-refractivity contribution < 1.29 is 47.5 Å². The fraction of sp³-hybridized carbons (Fsp3) is 0.727. The predicted octanol–water partition coefficient (Wildman–Crippen LogP) is -2.41. The Morgan fingerprint density at radius 3 is 2.46 bits per heavy atom.